The smallest absolute Gasteiger partial charge is 0.289 e. The Morgan fingerprint density at radius 3 is 1.26 bits per heavy atom. The average Bonchev–Trinajstić information content (AvgIpc) is 1.89. The number of carbonyl (C=O) groups excluding carboxylic acids is 3. The summed E-state index contributed by atoms with van der Waals surface area (Å²) in [5.74, 6) is -2.94. The molecule has 0 atom stereocenters. The third-order valence-corrected chi connectivity index (χ3v) is 24.4. The van der Waals surface area contributed by atoms with Gasteiger partial charge in [-0.05, 0) is 164 Å². The summed E-state index contributed by atoms with van der Waals surface area (Å²) in [5, 5.41) is 24.8. The van der Waals surface area contributed by atoms with Gasteiger partial charge < -0.3 is 0 Å². The molecule has 0 aromatic heterocycles. The second-order valence-corrected chi connectivity index (χ2v) is 32.0. The van der Waals surface area contributed by atoms with Crippen molar-refractivity contribution in [3.8, 4) is 0 Å². The van der Waals surface area contributed by atoms with Crippen LogP contribution in [0, 0.1) is 6.92 Å². The molecule has 0 saturated carbocycles. The molecule has 25 nitrogen and oxygen atoms in total. The van der Waals surface area contributed by atoms with E-state index in [9.17, 15) is 83.1 Å². The van der Waals surface area contributed by atoms with Gasteiger partial charge in [0.1, 0.15) is 14.7 Å². The highest BCUT2D eigenvalue weighted by Gasteiger charge is 2.29. The summed E-state index contributed by atoms with van der Waals surface area (Å²) in [6.45, 7) is 1.61. The summed E-state index contributed by atoms with van der Waals surface area (Å²) < 4.78 is 204. The lowest BCUT2D eigenvalue weighted by Crippen LogP contribution is -2.12. The van der Waals surface area contributed by atoms with E-state index in [-0.39, 0.29) is 67.9 Å². The number of hydrogen-bond donors (Lipinski definition) is 6. The average molecular weight is 1430 g/mol. The van der Waals surface area contributed by atoms with Crippen molar-refractivity contribution in [3.63, 3.8) is 0 Å². The SMILES string of the molecule is CSc1ccc(C(=O)c2cc(C(=O)c3ccc(Sc4ccc(S(=O)(=O)c5ccc(C)c(SOOO)c5)cc4S(=O)(=O)O)cc3)cc(C(=O)c3ccc(Sc4ccc(S(=O)(=O)c5cccc(S(=O)(=O)O)c5)cc4SOOO)c(S(=O)(=O)O)c3)c2)cc1S(=O)(=O)O. The Morgan fingerprint density at radius 2 is 0.753 bits per heavy atom. The predicted octanol–water partition coefficient (Wildman–Crippen LogP) is 10.2. The fourth-order valence-corrected chi connectivity index (χ4v) is 18.1. The second kappa shape index (κ2) is 27.3. The van der Waals surface area contributed by atoms with E-state index in [0.29, 0.717) is 35.4 Å². The van der Waals surface area contributed by atoms with Crippen molar-refractivity contribution >= 4 is 137 Å². The van der Waals surface area contributed by atoms with Gasteiger partial charge in [0.25, 0.3) is 40.5 Å². The molecule has 0 aliphatic carbocycles. The van der Waals surface area contributed by atoms with E-state index in [0.717, 1.165) is 121 Å². The zero-order valence-electron chi connectivity index (χ0n) is 44.4. The van der Waals surface area contributed by atoms with Crippen LogP contribution in [0.2, 0.25) is 0 Å². The van der Waals surface area contributed by atoms with Gasteiger partial charge in [-0.1, -0.05) is 45.7 Å². The van der Waals surface area contributed by atoms with Crippen molar-refractivity contribution in [1.29, 1.82) is 0 Å². The van der Waals surface area contributed by atoms with Crippen LogP contribution in [0.5, 0.6) is 0 Å². The van der Waals surface area contributed by atoms with Crippen LogP contribution in [0.1, 0.15) is 53.3 Å². The number of sulfone groups is 2. The third-order valence-electron chi connectivity index (χ3n) is 12.4. The first kappa shape index (κ1) is 68.7. The van der Waals surface area contributed by atoms with Gasteiger partial charge in [-0.15, -0.1) is 20.4 Å². The highest BCUT2D eigenvalue weighted by atomic mass is 32.2. The summed E-state index contributed by atoms with van der Waals surface area (Å²) >= 11 is 2.91. The van der Waals surface area contributed by atoms with Crippen molar-refractivity contribution < 1.29 is 112 Å². The monoisotopic (exact) mass is 1430 g/mol. The van der Waals surface area contributed by atoms with E-state index in [2.05, 4.69) is 18.7 Å². The molecule has 0 amide bonds. The van der Waals surface area contributed by atoms with Gasteiger partial charge in [0.2, 0.25) is 19.7 Å². The van der Waals surface area contributed by atoms with Crippen molar-refractivity contribution in [2.75, 3.05) is 6.26 Å². The molecule has 0 bridgehead atoms. The molecular formula is C53H38O25S11. The minimum atomic E-state index is -5.30. The Hall–Kier alpha value is -6.18. The van der Waals surface area contributed by atoms with Crippen LogP contribution in [0.25, 0.3) is 0 Å². The maximum absolute atomic E-state index is 14.6. The maximum Gasteiger partial charge on any atom is 0.295 e. The number of ketones is 3. The quantitative estimate of drug-likeness (QED) is 0.00773. The van der Waals surface area contributed by atoms with Gasteiger partial charge in [-0.2, -0.15) is 33.7 Å². The molecule has 0 fully saturated rings. The zero-order chi connectivity index (χ0) is 65.2. The van der Waals surface area contributed by atoms with Crippen LogP contribution >= 0.6 is 59.4 Å². The predicted molar refractivity (Wildman–Crippen MR) is 318 cm³/mol. The summed E-state index contributed by atoms with van der Waals surface area (Å²) in [6.07, 6.45) is 1.50. The Balaban J connectivity index is 1.15. The topological polar surface area (TPSA) is 414 Å². The van der Waals surface area contributed by atoms with Crippen molar-refractivity contribution in [1.82, 2.24) is 0 Å². The van der Waals surface area contributed by atoms with Crippen molar-refractivity contribution in [2.45, 2.75) is 80.4 Å². The van der Waals surface area contributed by atoms with E-state index in [1.807, 2.05) is 0 Å². The Labute approximate surface area is 528 Å². The molecule has 0 radical (unpaired) electrons. The number of aryl methyl sites for hydroxylation is 1. The number of benzene rings is 8. The molecule has 0 spiro atoms. The van der Waals surface area contributed by atoms with Gasteiger partial charge >= 0.3 is 0 Å². The fourth-order valence-electron chi connectivity index (χ4n) is 8.16. The number of hydrogen-bond acceptors (Lipinski definition) is 26. The molecule has 8 rings (SSSR count). The molecule has 0 aliphatic heterocycles. The molecule has 0 heterocycles. The maximum atomic E-state index is 14.6. The molecule has 36 heteroatoms. The van der Waals surface area contributed by atoms with Crippen LogP contribution in [-0.4, -0.2) is 103 Å². The highest BCUT2D eigenvalue weighted by molar-refractivity contribution is 8.01. The molecule has 8 aromatic rings. The largest absolute Gasteiger partial charge is 0.295 e. The fraction of sp³-hybridized carbons (Fsp3) is 0.0377. The van der Waals surface area contributed by atoms with E-state index < -0.39 is 128 Å². The van der Waals surface area contributed by atoms with Crippen LogP contribution in [0.3, 0.4) is 0 Å². The number of thioether (sulfide) groups is 1. The number of carbonyl (C=O) groups is 3. The lowest BCUT2D eigenvalue weighted by atomic mass is 9.92. The first-order valence-electron chi connectivity index (χ1n) is 23.9. The molecule has 0 unspecified atom stereocenters. The molecular weight excluding hydrogens is 1390 g/mol. The lowest BCUT2D eigenvalue weighted by molar-refractivity contribution is -0.432. The van der Waals surface area contributed by atoms with Gasteiger partial charge in [-0.3, -0.25) is 32.6 Å². The lowest BCUT2D eigenvalue weighted by Gasteiger charge is -2.14. The van der Waals surface area contributed by atoms with Crippen molar-refractivity contribution in [2.24, 2.45) is 0 Å². The van der Waals surface area contributed by atoms with Crippen LogP contribution < -0.4 is 0 Å². The summed E-state index contributed by atoms with van der Waals surface area (Å²) in [6, 6.07) is 28.0. The first-order chi connectivity index (χ1) is 41.6. The zero-order valence-corrected chi connectivity index (χ0v) is 53.4. The van der Waals surface area contributed by atoms with E-state index in [1.165, 1.54) is 60.9 Å². The van der Waals surface area contributed by atoms with Crippen LogP contribution in [0.4, 0.5) is 0 Å². The molecule has 0 saturated heterocycles. The van der Waals surface area contributed by atoms with E-state index >= 15 is 0 Å². The normalized spacial score (nSPS) is 12.4. The van der Waals surface area contributed by atoms with Gasteiger partial charge in [0.15, 0.2) is 17.3 Å². The summed E-state index contributed by atoms with van der Waals surface area (Å²) in [4.78, 5) is 38.1. The van der Waals surface area contributed by atoms with Crippen LogP contribution in [-0.2, 0) is 78.9 Å². The first-order valence-corrected chi connectivity index (χ1v) is 37.0. The second-order valence-electron chi connectivity index (χ2n) is 18.0. The molecule has 89 heavy (non-hydrogen) atoms. The molecule has 466 valence electrons. The van der Waals surface area contributed by atoms with Crippen molar-refractivity contribution in [3.05, 3.63) is 197 Å². The molecule has 6 N–H and O–H groups in total. The van der Waals surface area contributed by atoms with Gasteiger partial charge in [0.05, 0.1) is 53.5 Å². The van der Waals surface area contributed by atoms with Gasteiger partial charge in [-0.25, -0.2) is 27.4 Å². The summed E-state index contributed by atoms with van der Waals surface area (Å²) in [5.41, 5.74) is -1.68. The van der Waals surface area contributed by atoms with E-state index in [1.54, 1.807) is 6.92 Å². The Morgan fingerprint density at radius 1 is 0.360 bits per heavy atom. The Bertz CT molecular complexity index is 4910. The van der Waals surface area contributed by atoms with Gasteiger partial charge in [0, 0.05) is 62.8 Å². The minimum absolute atomic E-state index is 0.0344. The standard InChI is InChI=1S/C53H38O25S11/c1-29-6-13-38(26-46(29)82-77-75-57)85(61,62)40-15-19-44(50(28-40)89(72,73)74)80-36-11-7-30(8-12-36)51(54)33-20-34(52(55)31-9-16-43(79-2)48(23-31)87(66,67)68)22-35(21-33)53(56)32-10-17-45(49(24-32)88(69,70)71)81-42-18-14-39(27-47(42)83-78-76-58)84(59,60)37-4-3-5-41(25-37)86(63,64)65/h3-28,57-58H,1-2H3,(H,63,64,65)(H,66,67,68)(H,69,70,71)(H,72,73,74). The minimum Gasteiger partial charge on any atom is -0.289 e. The third kappa shape index (κ3) is 15.9. The number of rotatable bonds is 25. The highest BCUT2D eigenvalue weighted by Crippen LogP contribution is 2.42. The van der Waals surface area contributed by atoms with Crippen LogP contribution in [0.15, 0.2) is 231 Å². The summed E-state index contributed by atoms with van der Waals surface area (Å²) in [7, 11) is -29.3. The molecule has 8 aromatic carbocycles. The Kier molecular flexibility index (Phi) is 21.1. The molecule has 0 aliphatic rings. The van der Waals surface area contributed by atoms with E-state index in [4.69, 9.17) is 10.5 Å².